The quantitative estimate of drug-likeness (QED) is 0.118. The fraction of sp³-hybridized carbons (Fsp3) is 0.0800. The van der Waals surface area contributed by atoms with Crippen LogP contribution in [0, 0.1) is 28.4 Å². The fourth-order valence-corrected chi connectivity index (χ4v) is 3.14. The molecule has 0 bridgehead atoms. The normalized spacial score (nSPS) is 10.7. The highest BCUT2D eigenvalue weighted by atomic mass is 35.5. The molecule has 0 atom stereocenters. The van der Waals surface area contributed by atoms with Crippen LogP contribution in [0.4, 0.5) is 11.4 Å². The van der Waals surface area contributed by atoms with E-state index in [2.05, 4.69) is 5.32 Å². The van der Waals surface area contributed by atoms with E-state index >= 15 is 0 Å². The van der Waals surface area contributed by atoms with Gasteiger partial charge in [-0.2, -0.15) is 5.26 Å². The van der Waals surface area contributed by atoms with Crippen molar-refractivity contribution < 1.29 is 24.0 Å². The van der Waals surface area contributed by atoms with E-state index < -0.39 is 16.8 Å². The Labute approximate surface area is 205 Å². The number of nitriles is 1. The fourth-order valence-electron chi connectivity index (χ4n) is 2.95. The zero-order valence-electron chi connectivity index (χ0n) is 18.6. The van der Waals surface area contributed by atoms with Gasteiger partial charge in [0.25, 0.3) is 11.6 Å². The van der Waals surface area contributed by atoms with Gasteiger partial charge < -0.3 is 14.8 Å². The van der Waals surface area contributed by atoms with Crippen molar-refractivity contribution in [2.75, 3.05) is 12.4 Å². The van der Waals surface area contributed by atoms with E-state index in [0.717, 1.165) is 11.6 Å². The average molecular weight is 492 g/mol. The summed E-state index contributed by atoms with van der Waals surface area (Å²) in [4.78, 5) is 35.3. The van der Waals surface area contributed by atoms with E-state index in [-0.39, 0.29) is 33.5 Å². The molecule has 0 aliphatic carbocycles. The van der Waals surface area contributed by atoms with Crippen LogP contribution in [0.2, 0.25) is 5.02 Å². The molecule has 3 rings (SSSR count). The Kier molecular flexibility index (Phi) is 7.81. The lowest BCUT2D eigenvalue weighted by atomic mass is 10.1. The van der Waals surface area contributed by atoms with Gasteiger partial charge in [0.15, 0.2) is 11.5 Å². The lowest BCUT2D eigenvalue weighted by Crippen LogP contribution is -2.13. The number of hydrogen-bond donors (Lipinski definition) is 1. The van der Waals surface area contributed by atoms with Gasteiger partial charge in [-0.05, 0) is 55.0 Å². The maximum absolute atomic E-state index is 12.6. The van der Waals surface area contributed by atoms with Crippen molar-refractivity contribution in [3.63, 3.8) is 0 Å². The third kappa shape index (κ3) is 6.22. The topological polar surface area (TPSA) is 132 Å². The summed E-state index contributed by atoms with van der Waals surface area (Å²) >= 11 is 5.78. The zero-order valence-corrected chi connectivity index (χ0v) is 19.3. The molecule has 0 unspecified atom stereocenters. The first-order valence-corrected chi connectivity index (χ1v) is 10.4. The van der Waals surface area contributed by atoms with Gasteiger partial charge in [-0.25, -0.2) is 4.79 Å². The van der Waals surface area contributed by atoms with Crippen molar-refractivity contribution in [1.82, 2.24) is 0 Å². The van der Waals surface area contributed by atoms with Gasteiger partial charge in [0.2, 0.25) is 0 Å². The number of nitrogens with zero attached hydrogens (tertiary/aromatic N) is 2. The minimum atomic E-state index is -0.780. The average Bonchev–Trinajstić information content (AvgIpc) is 2.84. The molecule has 1 amide bonds. The molecule has 0 saturated carbocycles. The Morgan fingerprint density at radius 2 is 1.80 bits per heavy atom. The van der Waals surface area contributed by atoms with Crippen LogP contribution < -0.4 is 14.8 Å². The van der Waals surface area contributed by atoms with E-state index in [4.69, 9.17) is 21.1 Å². The first-order chi connectivity index (χ1) is 16.7. The second-order valence-corrected chi connectivity index (χ2v) is 7.62. The van der Waals surface area contributed by atoms with Crippen molar-refractivity contribution >= 4 is 40.9 Å². The highest BCUT2D eigenvalue weighted by Crippen LogP contribution is 2.30. The van der Waals surface area contributed by atoms with Gasteiger partial charge in [-0.15, -0.1) is 0 Å². The van der Waals surface area contributed by atoms with Gasteiger partial charge in [-0.3, -0.25) is 14.9 Å². The molecule has 176 valence electrons. The largest absolute Gasteiger partial charge is 0.493 e. The molecular weight excluding hydrogens is 474 g/mol. The minimum Gasteiger partial charge on any atom is -0.493 e. The van der Waals surface area contributed by atoms with Crippen LogP contribution in [-0.4, -0.2) is 23.9 Å². The molecule has 0 spiro atoms. The molecule has 0 fully saturated rings. The monoisotopic (exact) mass is 491 g/mol. The molecule has 0 aliphatic rings. The standard InChI is InChI=1S/C25H18ClN3O6/c1-15-3-6-17(7-4-15)25(31)35-22-10-5-16(12-23(22)34-2)11-18(14-27)24(30)28-19-8-9-20(26)21(13-19)29(32)33/h3-13H,1-2H3,(H,28,30)/b18-11+. The molecule has 0 aliphatic heterocycles. The van der Waals surface area contributed by atoms with Crippen molar-refractivity contribution in [2.24, 2.45) is 0 Å². The highest BCUT2D eigenvalue weighted by molar-refractivity contribution is 6.32. The predicted molar refractivity (Wildman–Crippen MR) is 129 cm³/mol. The number of amides is 1. The Morgan fingerprint density at radius 3 is 2.43 bits per heavy atom. The maximum atomic E-state index is 12.6. The first kappa shape index (κ1) is 25.0. The van der Waals surface area contributed by atoms with Crippen LogP contribution in [0.15, 0.2) is 66.2 Å². The smallest absolute Gasteiger partial charge is 0.343 e. The molecule has 1 N–H and O–H groups in total. The summed E-state index contributed by atoms with van der Waals surface area (Å²) in [5, 5.41) is 22.8. The number of ether oxygens (including phenoxy) is 2. The van der Waals surface area contributed by atoms with Gasteiger partial charge in [0.1, 0.15) is 16.7 Å². The number of nitro groups is 1. The van der Waals surface area contributed by atoms with E-state index in [0.29, 0.717) is 11.1 Å². The summed E-state index contributed by atoms with van der Waals surface area (Å²) in [6.45, 7) is 1.90. The first-order valence-electron chi connectivity index (χ1n) is 10.1. The molecular formula is C25H18ClN3O6. The Hall–Kier alpha value is -4.68. The summed E-state index contributed by atoms with van der Waals surface area (Å²) in [5.41, 5.74) is 1.24. The Balaban J connectivity index is 1.80. The lowest BCUT2D eigenvalue weighted by molar-refractivity contribution is -0.384. The second kappa shape index (κ2) is 11.0. The number of esters is 1. The number of halogens is 1. The van der Waals surface area contributed by atoms with Gasteiger partial charge in [0, 0.05) is 11.8 Å². The number of anilines is 1. The van der Waals surface area contributed by atoms with Crippen LogP contribution in [0.3, 0.4) is 0 Å². The lowest BCUT2D eigenvalue weighted by Gasteiger charge is -2.10. The second-order valence-electron chi connectivity index (χ2n) is 7.21. The summed E-state index contributed by atoms with van der Waals surface area (Å²) in [5.74, 6) is -0.976. The van der Waals surface area contributed by atoms with E-state index in [1.807, 2.05) is 6.92 Å². The third-order valence-corrected chi connectivity index (χ3v) is 5.07. The Morgan fingerprint density at radius 1 is 1.09 bits per heavy atom. The Bertz CT molecular complexity index is 1380. The molecule has 0 aromatic heterocycles. The number of methoxy groups -OCH3 is 1. The van der Waals surface area contributed by atoms with Crippen molar-refractivity contribution in [3.8, 4) is 17.6 Å². The molecule has 0 heterocycles. The number of nitro benzene ring substituents is 1. The summed E-state index contributed by atoms with van der Waals surface area (Å²) in [6, 6.07) is 16.9. The SMILES string of the molecule is COc1cc(/C=C(\C#N)C(=O)Nc2ccc(Cl)c([N+](=O)[O-])c2)ccc1OC(=O)c1ccc(C)cc1. The zero-order chi connectivity index (χ0) is 25.5. The maximum Gasteiger partial charge on any atom is 0.343 e. The predicted octanol–water partition coefficient (Wildman–Crippen LogP) is 5.33. The molecule has 3 aromatic carbocycles. The van der Waals surface area contributed by atoms with Gasteiger partial charge >= 0.3 is 5.97 Å². The number of benzene rings is 3. The van der Waals surface area contributed by atoms with Crippen LogP contribution in [0.5, 0.6) is 11.5 Å². The molecule has 35 heavy (non-hydrogen) atoms. The van der Waals surface area contributed by atoms with Crippen LogP contribution in [0.25, 0.3) is 6.08 Å². The number of carbonyl (C=O) groups excluding carboxylic acids is 2. The molecule has 0 saturated heterocycles. The summed E-state index contributed by atoms with van der Waals surface area (Å²) < 4.78 is 10.7. The third-order valence-electron chi connectivity index (χ3n) is 4.75. The highest BCUT2D eigenvalue weighted by Gasteiger charge is 2.17. The van der Waals surface area contributed by atoms with Crippen LogP contribution >= 0.6 is 11.6 Å². The number of rotatable bonds is 7. The van der Waals surface area contributed by atoms with Crippen molar-refractivity contribution in [3.05, 3.63) is 98.1 Å². The van der Waals surface area contributed by atoms with E-state index in [1.54, 1.807) is 30.3 Å². The van der Waals surface area contributed by atoms with Crippen LogP contribution in [-0.2, 0) is 4.79 Å². The molecule has 9 nitrogen and oxygen atoms in total. The molecule has 3 aromatic rings. The molecule has 10 heteroatoms. The van der Waals surface area contributed by atoms with Crippen molar-refractivity contribution in [2.45, 2.75) is 6.92 Å². The minimum absolute atomic E-state index is 0.0840. The van der Waals surface area contributed by atoms with Gasteiger partial charge in [0.05, 0.1) is 17.6 Å². The number of aryl methyl sites for hydroxylation is 1. The summed E-state index contributed by atoms with van der Waals surface area (Å²) in [7, 11) is 1.39. The van der Waals surface area contributed by atoms with E-state index in [9.17, 15) is 25.0 Å². The van der Waals surface area contributed by atoms with E-state index in [1.165, 1.54) is 43.5 Å². The van der Waals surface area contributed by atoms with Gasteiger partial charge in [-0.1, -0.05) is 35.4 Å². The number of nitrogens with one attached hydrogen (secondary N) is 1. The number of hydrogen-bond acceptors (Lipinski definition) is 7. The number of carbonyl (C=O) groups is 2. The van der Waals surface area contributed by atoms with Crippen LogP contribution in [0.1, 0.15) is 21.5 Å². The molecule has 0 radical (unpaired) electrons. The summed E-state index contributed by atoms with van der Waals surface area (Å²) in [6.07, 6.45) is 1.30. The van der Waals surface area contributed by atoms with Crippen molar-refractivity contribution in [1.29, 1.82) is 5.26 Å².